The van der Waals surface area contributed by atoms with Crippen molar-refractivity contribution >= 4 is 32.7 Å². The van der Waals surface area contributed by atoms with Crippen LogP contribution in [0.25, 0.3) is 11.0 Å². The lowest BCUT2D eigenvalue weighted by Gasteiger charge is -2.37. The number of anilines is 1. The van der Waals surface area contributed by atoms with Gasteiger partial charge >= 0.3 is 0 Å². The summed E-state index contributed by atoms with van der Waals surface area (Å²) in [6.07, 6.45) is 3.22. The Balaban J connectivity index is 1.43. The molecule has 5 nitrogen and oxygen atoms in total. The van der Waals surface area contributed by atoms with Gasteiger partial charge in [-0.2, -0.15) is 0 Å². The highest BCUT2D eigenvalue weighted by Crippen LogP contribution is 2.26. The highest BCUT2D eigenvalue weighted by atomic mass is 79.9. The van der Waals surface area contributed by atoms with Crippen LogP contribution in [0.15, 0.2) is 59.3 Å². The molecular weight excluding hydrogens is 392 g/mol. The molecule has 1 unspecified atom stereocenters. The van der Waals surface area contributed by atoms with Gasteiger partial charge < -0.3 is 10.0 Å². The van der Waals surface area contributed by atoms with Crippen molar-refractivity contribution in [3.63, 3.8) is 0 Å². The minimum absolute atomic E-state index is 0.441. The van der Waals surface area contributed by atoms with Gasteiger partial charge in [0.2, 0.25) is 0 Å². The number of fused-ring (bicyclic) bond motifs is 1. The van der Waals surface area contributed by atoms with Gasteiger partial charge in [-0.05, 0) is 33.6 Å². The molecule has 3 aromatic rings. The number of pyridine rings is 2. The molecule has 1 aromatic carbocycles. The van der Waals surface area contributed by atoms with Gasteiger partial charge in [-0.3, -0.25) is 14.9 Å². The van der Waals surface area contributed by atoms with Crippen molar-refractivity contribution in [2.45, 2.75) is 6.10 Å². The highest BCUT2D eigenvalue weighted by Gasteiger charge is 2.21. The fourth-order valence-corrected chi connectivity index (χ4v) is 3.76. The van der Waals surface area contributed by atoms with Crippen molar-refractivity contribution in [2.75, 3.05) is 37.6 Å². The maximum absolute atomic E-state index is 10.4. The zero-order valence-electron chi connectivity index (χ0n) is 14.4. The van der Waals surface area contributed by atoms with Crippen LogP contribution >= 0.6 is 15.9 Å². The van der Waals surface area contributed by atoms with E-state index in [9.17, 15) is 5.11 Å². The van der Waals surface area contributed by atoms with Gasteiger partial charge in [-0.1, -0.05) is 30.3 Å². The molecule has 0 amide bonds. The number of aliphatic hydroxyl groups excluding tert-OH is 1. The molecule has 4 rings (SSSR count). The molecule has 134 valence electrons. The predicted molar refractivity (Wildman–Crippen MR) is 107 cm³/mol. The van der Waals surface area contributed by atoms with Crippen LogP contribution in [0.2, 0.25) is 0 Å². The number of hydrogen-bond donors (Lipinski definition) is 1. The van der Waals surface area contributed by atoms with Crippen LogP contribution in [0.4, 0.5) is 5.69 Å². The molecule has 3 heterocycles. The van der Waals surface area contributed by atoms with Gasteiger partial charge in [0.25, 0.3) is 0 Å². The molecule has 1 N–H and O–H groups in total. The second kappa shape index (κ2) is 7.70. The van der Waals surface area contributed by atoms with E-state index in [2.05, 4.69) is 35.7 Å². The number of β-amino-alcohol motifs (C(OH)–C–C–N with tert-alkyl or cyclic N) is 1. The van der Waals surface area contributed by atoms with Gasteiger partial charge in [-0.25, -0.2) is 0 Å². The van der Waals surface area contributed by atoms with E-state index in [0.717, 1.165) is 52.9 Å². The van der Waals surface area contributed by atoms with Crippen molar-refractivity contribution in [1.29, 1.82) is 0 Å². The van der Waals surface area contributed by atoms with Crippen molar-refractivity contribution in [2.24, 2.45) is 0 Å². The lowest BCUT2D eigenvalue weighted by molar-refractivity contribution is 0.109. The Morgan fingerprint density at radius 2 is 1.81 bits per heavy atom. The summed E-state index contributed by atoms with van der Waals surface area (Å²) in [6.45, 7) is 4.34. The van der Waals surface area contributed by atoms with Crippen LogP contribution in [0.1, 0.15) is 11.7 Å². The first-order valence-electron chi connectivity index (χ1n) is 8.81. The van der Waals surface area contributed by atoms with Crippen molar-refractivity contribution < 1.29 is 5.11 Å². The summed E-state index contributed by atoms with van der Waals surface area (Å²) in [4.78, 5) is 13.7. The molecule has 26 heavy (non-hydrogen) atoms. The number of aromatic nitrogens is 2. The van der Waals surface area contributed by atoms with Gasteiger partial charge in [0, 0.05) is 49.6 Å². The van der Waals surface area contributed by atoms with E-state index < -0.39 is 6.10 Å². The summed E-state index contributed by atoms with van der Waals surface area (Å²) in [5.74, 6) is 0. The molecule has 1 fully saturated rings. The zero-order valence-corrected chi connectivity index (χ0v) is 16.0. The predicted octanol–water partition coefficient (Wildman–Crippen LogP) is 3.25. The van der Waals surface area contributed by atoms with Crippen LogP contribution in [-0.2, 0) is 0 Å². The zero-order chi connectivity index (χ0) is 17.9. The Kier molecular flexibility index (Phi) is 5.15. The van der Waals surface area contributed by atoms with Crippen LogP contribution in [-0.4, -0.2) is 52.7 Å². The van der Waals surface area contributed by atoms with Gasteiger partial charge in [0.1, 0.15) is 5.52 Å². The van der Waals surface area contributed by atoms with E-state index in [0.29, 0.717) is 6.54 Å². The monoisotopic (exact) mass is 412 g/mol. The topological polar surface area (TPSA) is 52.5 Å². The number of benzene rings is 1. The lowest BCUT2D eigenvalue weighted by Crippen LogP contribution is -2.47. The molecule has 0 bridgehead atoms. The number of halogens is 1. The molecule has 1 saturated heterocycles. The summed E-state index contributed by atoms with van der Waals surface area (Å²) in [5.41, 5.74) is 3.95. The number of aliphatic hydroxyl groups is 1. The Bertz CT molecular complexity index is 881. The second-order valence-electron chi connectivity index (χ2n) is 6.57. The lowest BCUT2D eigenvalue weighted by atomic mass is 10.1. The molecule has 1 aliphatic rings. The highest BCUT2D eigenvalue weighted by molar-refractivity contribution is 9.10. The van der Waals surface area contributed by atoms with E-state index in [1.54, 1.807) is 0 Å². The summed E-state index contributed by atoms with van der Waals surface area (Å²) < 4.78 is 0.939. The summed E-state index contributed by atoms with van der Waals surface area (Å²) in [5, 5.41) is 10.4. The molecule has 0 aliphatic carbocycles. The quantitative estimate of drug-likeness (QED) is 0.712. The van der Waals surface area contributed by atoms with Crippen molar-refractivity contribution in [3.05, 3.63) is 64.9 Å². The molecule has 0 radical (unpaired) electrons. The van der Waals surface area contributed by atoms with Crippen LogP contribution in [0, 0.1) is 0 Å². The first kappa shape index (κ1) is 17.4. The third kappa shape index (κ3) is 3.72. The first-order chi connectivity index (χ1) is 12.7. The van der Waals surface area contributed by atoms with E-state index in [1.807, 2.05) is 54.9 Å². The van der Waals surface area contributed by atoms with E-state index >= 15 is 0 Å². The number of rotatable bonds is 4. The molecule has 6 heteroatoms. The Morgan fingerprint density at radius 1 is 1.04 bits per heavy atom. The standard InChI is InChI=1S/C20H21BrN4O/c21-16-12-17-20(23-13-16)18(6-7-22-17)25-10-8-24(9-11-25)14-19(26)15-4-2-1-3-5-15/h1-7,12-13,19,26H,8-11,14H2. The Hall–Kier alpha value is -2.02. The van der Waals surface area contributed by atoms with E-state index in [-0.39, 0.29) is 0 Å². The van der Waals surface area contributed by atoms with E-state index in [4.69, 9.17) is 0 Å². The van der Waals surface area contributed by atoms with Crippen LogP contribution < -0.4 is 4.90 Å². The number of nitrogens with zero attached hydrogens (tertiary/aromatic N) is 4. The van der Waals surface area contributed by atoms with Crippen LogP contribution in [0.5, 0.6) is 0 Å². The molecule has 2 aromatic heterocycles. The van der Waals surface area contributed by atoms with Gasteiger partial charge in [-0.15, -0.1) is 0 Å². The summed E-state index contributed by atoms with van der Waals surface area (Å²) in [7, 11) is 0. The average molecular weight is 413 g/mol. The fourth-order valence-electron chi connectivity index (χ4n) is 3.44. The van der Waals surface area contributed by atoms with Gasteiger partial charge in [0.05, 0.1) is 17.3 Å². The maximum atomic E-state index is 10.4. The third-order valence-corrected chi connectivity index (χ3v) is 5.28. The smallest absolute Gasteiger partial charge is 0.112 e. The maximum Gasteiger partial charge on any atom is 0.112 e. The Morgan fingerprint density at radius 3 is 2.58 bits per heavy atom. The second-order valence-corrected chi connectivity index (χ2v) is 7.48. The SMILES string of the molecule is OC(CN1CCN(c2ccnc3cc(Br)cnc23)CC1)c1ccccc1. The van der Waals surface area contributed by atoms with E-state index in [1.165, 1.54) is 0 Å². The minimum Gasteiger partial charge on any atom is -0.387 e. The van der Waals surface area contributed by atoms with Gasteiger partial charge in [0.15, 0.2) is 0 Å². The number of piperazine rings is 1. The fraction of sp³-hybridized carbons (Fsp3) is 0.300. The first-order valence-corrected chi connectivity index (χ1v) is 9.60. The normalized spacial score (nSPS) is 16.8. The summed E-state index contributed by atoms with van der Waals surface area (Å²) in [6, 6.07) is 13.9. The molecule has 1 atom stereocenters. The average Bonchev–Trinajstić information content (AvgIpc) is 2.68. The van der Waals surface area contributed by atoms with Crippen LogP contribution in [0.3, 0.4) is 0 Å². The molecule has 0 saturated carbocycles. The number of hydrogen-bond acceptors (Lipinski definition) is 5. The van der Waals surface area contributed by atoms with Crippen molar-refractivity contribution in [1.82, 2.24) is 14.9 Å². The summed E-state index contributed by atoms with van der Waals surface area (Å²) >= 11 is 3.46. The largest absolute Gasteiger partial charge is 0.387 e. The van der Waals surface area contributed by atoms with Crippen molar-refractivity contribution in [3.8, 4) is 0 Å². The molecule has 0 spiro atoms. The molecular formula is C20H21BrN4O. The third-order valence-electron chi connectivity index (χ3n) is 4.85. The minimum atomic E-state index is -0.441. The molecule has 1 aliphatic heterocycles. The Labute approximate surface area is 161 Å².